The Morgan fingerprint density at radius 3 is 2.91 bits per heavy atom. The molecule has 0 aromatic carbocycles. The van der Waals surface area contributed by atoms with Crippen LogP contribution in [-0.2, 0) is 6.54 Å². The van der Waals surface area contributed by atoms with Crippen molar-refractivity contribution in [3.63, 3.8) is 0 Å². The van der Waals surface area contributed by atoms with Gasteiger partial charge in [-0.1, -0.05) is 11.3 Å². The molecular formula is C6H12N4S. The van der Waals surface area contributed by atoms with Crippen molar-refractivity contribution >= 4 is 16.5 Å². The van der Waals surface area contributed by atoms with Gasteiger partial charge in [-0.05, 0) is 14.1 Å². The largest absolute Gasteiger partial charge is 0.304 e. The highest BCUT2D eigenvalue weighted by Crippen LogP contribution is 2.17. The Balaban J connectivity index is 2.58. The topological polar surface area (TPSA) is 54.2 Å². The summed E-state index contributed by atoms with van der Waals surface area (Å²) in [6.07, 6.45) is 1.83. The zero-order valence-electron chi connectivity index (χ0n) is 6.66. The third-order valence-corrected chi connectivity index (χ3v) is 2.06. The van der Waals surface area contributed by atoms with Gasteiger partial charge in [0.15, 0.2) is 5.13 Å². The van der Waals surface area contributed by atoms with E-state index in [1.807, 2.05) is 20.3 Å². The summed E-state index contributed by atoms with van der Waals surface area (Å²) >= 11 is 1.57. The first-order valence-electron chi connectivity index (χ1n) is 3.28. The van der Waals surface area contributed by atoms with Crippen LogP contribution in [0, 0.1) is 0 Å². The summed E-state index contributed by atoms with van der Waals surface area (Å²) in [7, 11) is 4.05. The Kier molecular flexibility index (Phi) is 2.81. The second-order valence-electron chi connectivity index (χ2n) is 2.51. The van der Waals surface area contributed by atoms with E-state index in [1.165, 1.54) is 4.88 Å². The zero-order chi connectivity index (χ0) is 8.27. The fraction of sp³-hybridized carbons (Fsp3) is 0.500. The number of anilines is 1. The number of nitrogens with zero attached hydrogens (tertiary/aromatic N) is 2. The van der Waals surface area contributed by atoms with E-state index >= 15 is 0 Å². The van der Waals surface area contributed by atoms with E-state index in [4.69, 9.17) is 5.84 Å². The Hall–Kier alpha value is -0.650. The number of nitrogen functional groups attached to an aromatic ring is 1. The second kappa shape index (κ2) is 3.66. The molecule has 0 radical (unpaired) electrons. The smallest absolute Gasteiger partial charge is 0.197 e. The van der Waals surface area contributed by atoms with Crippen LogP contribution in [0.25, 0.3) is 0 Å². The number of nitrogens with two attached hydrogens (primary N) is 1. The standard InChI is InChI=1S/C6H12N4S/c1-10(2)4-5-3-8-6(9-7)11-5/h3H,4,7H2,1-2H3,(H,8,9). The van der Waals surface area contributed by atoms with Gasteiger partial charge < -0.3 is 4.90 Å². The molecule has 0 saturated heterocycles. The lowest BCUT2D eigenvalue weighted by atomic mass is 10.5. The lowest BCUT2D eigenvalue weighted by Gasteiger charge is -2.05. The van der Waals surface area contributed by atoms with Gasteiger partial charge in [0.1, 0.15) is 0 Å². The third-order valence-electron chi connectivity index (χ3n) is 1.15. The molecule has 5 heteroatoms. The first kappa shape index (κ1) is 8.45. The molecule has 0 bridgehead atoms. The van der Waals surface area contributed by atoms with Crippen LogP contribution in [0.3, 0.4) is 0 Å². The molecule has 0 amide bonds. The van der Waals surface area contributed by atoms with Crippen molar-refractivity contribution in [1.82, 2.24) is 9.88 Å². The van der Waals surface area contributed by atoms with E-state index in [0.717, 1.165) is 11.7 Å². The van der Waals surface area contributed by atoms with Crippen LogP contribution in [0.1, 0.15) is 4.88 Å². The van der Waals surface area contributed by atoms with Crippen molar-refractivity contribution in [3.8, 4) is 0 Å². The predicted octanol–water partition coefficient (Wildman–Crippen LogP) is 0.490. The summed E-state index contributed by atoms with van der Waals surface area (Å²) in [4.78, 5) is 7.35. The summed E-state index contributed by atoms with van der Waals surface area (Å²) in [5.41, 5.74) is 2.51. The van der Waals surface area contributed by atoms with Gasteiger partial charge in [0, 0.05) is 17.6 Å². The molecule has 0 aliphatic heterocycles. The van der Waals surface area contributed by atoms with E-state index in [2.05, 4.69) is 15.3 Å². The first-order valence-corrected chi connectivity index (χ1v) is 4.10. The average Bonchev–Trinajstić information content (AvgIpc) is 2.34. The van der Waals surface area contributed by atoms with Gasteiger partial charge in [-0.3, -0.25) is 5.43 Å². The van der Waals surface area contributed by atoms with E-state index in [-0.39, 0.29) is 0 Å². The average molecular weight is 172 g/mol. The van der Waals surface area contributed by atoms with Gasteiger partial charge >= 0.3 is 0 Å². The highest BCUT2D eigenvalue weighted by Gasteiger charge is 2.00. The number of hydrogen-bond donors (Lipinski definition) is 2. The third kappa shape index (κ3) is 2.45. The molecule has 62 valence electrons. The van der Waals surface area contributed by atoms with E-state index in [9.17, 15) is 0 Å². The molecule has 11 heavy (non-hydrogen) atoms. The molecule has 1 aromatic rings. The lowest BCUT2D eigenvalue weighted by molar-refractivity contribution is 0.406. The van der Waals surface area contributed by atoms with Gasteiger partial charge in [-0.2, -0.15) is 0 Å². The normalized spacial score (nSPS) is 10.5. The van der Waals surface area contributed by atoms with Crippen LogP contribution in [-0.4, -0.2) is 24.0 Å². The fourth-order valence-electron chi connectivity index (χ4n) is 0.759. The van der Waals surface area contributed by atoms with Crippen LogP contribution in [0.4, 0.5) is 5.13 Å². The molecule has 0 atom stereocenters. The molecule has 1 aromatic heterocycles. The Morgan fingerprint density at radius 2 is 2.45 bits per heavy atom. The SMILES string of the molecule is CN(C)Cc1cnc(NN)s1. The Bertz CT molecular complexity index is 220. The quantitative estimate of drug-likeness (QED) is 0.514. The molecule has 0 unspecified atom stereocenters. The minimum Gasteiger partial charge on any atom is -0.304 e. The summed E-state index contributed by atoms with van der Waals surface area (Å²) in [5, 5.41) is 0.766. The number of thiazole rings is 1. The summed E-state index contributed by atoms with van der Waals surface area (Å²) in [5.74, 6) is 5.18. The first-order chi connectivity index (χ1) is 5.22. The van der Waals surface area contributed by atoms with Crippen LogP contribution < -0.4 is 11.3 Å². The van der Waals surface area contributed by atoms with Gasteiger partial charge in [0.05, 0.1) is 0 Å². The van der Waals surface area contributed by atoms with E-state index < -0.39 is 0 Å². The lowest BCUT2D eigenvalue weighted by Crippen LogP contribution is -2.09. The second-order valence-corrected chi connectivity index (χ2v) is 3.63. The van der Waals surface area contributed by atoms with Gasteiger partial charge in [-0.15, -0.1) is 0 Å². The van der Waals surface area contributed by atoms with Crippen molar-refractivity contribution in [3.05, 3.63) is 11.1 Å². The van der Waals surface area contributed by atoms with Crippen LogP contribution in [0.2, 0.25) is 0 Å². The number of hydrogen-bond acceptors (Lipinski definition) is 5. The van der Waals surface area contributed by atoms with Crippen molar-refractivity contribution in [2.75, 3.05) is 19.5 Å². The van der Waals surface area contributed by atoms with Crippen LogP contribution in [0.5, 0.6) is 0 Å². The number of rotatable bonds is 3. The van der Waals surface area contributed by atoms with E-state index in [0.29, 0.717) is 0 Å². The highest BCUT2D eigenvalue weighted by atomic mass is 32.1. The molecular weight excluding hydrogens is 160 g/mol. The van der Waals surface area contributed by atoms with Crippen LogP contribution >= 0.6 is 11.3 Å². The minimum absolute atomic E-state index is 0.766. The minimum atomic E-state index is 0.766. The summed E-state index contributed by atoms with van der Waals surface area (Å²) in [6, 6.07) is 0. The van der Waals surface area contributed by atoms with Crippen molar-refractivity contribution in [1.29, 1.82) is 0 Å². The molecule has 3 N–H and O–H groups in total. The summed E-state index contributed by atoms with van der Waals surface area (Å²) < 4.78 is 0. The number of hydrazine groups is 1. The molecule has 4 nitrogen and oxygen atoms in total. The maximum absolute atomic E-state index is 5.18. The fourth-order valence-corrected chi connectivity index (χ4v) is 1.60. The van der Waals surface area contributed by atoms with Crippen molar-refractivity contribution in [2.24, 2.45) is 5.84 Å². The van der Waals surface area contributed by atoms with Gasteiger partial charge in [0.2, 0.25) is 0 Å². The Morgan fingerprint density at radius 1 is 1.73 bits per heavy atom. The zero-order valence-corrected chi connectivity index (χ0v) is 7.48. The molecule has 0 spiro atoms. The molecule has 1 rings (SSSR count). The maximum Gasteiger partial charge on any atom is 0.197 e. The number of aromatic nitrogens is 1. The molecule has 0 fully saturated rings. The molecule has 0 aliphatic rings. The number of nitrogens with one attached hydrogen (secondary N) is 1. The predicted molar refractivity (Wildman–Crippen MR) is 47.3 cm³/mol. The monoisotopic (exact) mass is 172 g/mol. The van der Waals surface area contributed by atoms with Crippen molar-refractivity contribution < 1.29 is 0 Å². The van der Waals surface area contributed by atoms with E-state index in [1.54, 1.807) is 11.3 Å². The maximum atomic E-state index is 5.18. The highest BCUT2D eigenvalue weighted by molar-refractivity contribution is 7.15. The molecule has 0 aliphatic carbocycles. The van der Waals surface area contributed by atoms with Crippen LogP contribution in [0.15, 0.2) is 6.20 Å². The van der Waals surface area contributed by atoms with Crippen molar-refractivity contribution in [2.45, 2.75) is 6.54 Å². The molecule has 1 heterocycles. The van der Waals surface area contributed by atoms with Gasteiger partial charge in [-0.25, -0.2) is 10.8 Å². The Labute approximate surface area is 70.0 Å². The molecule has 0 saturated carbocycles. The van der Waals surface area contributed by atoms with Gasteiger partial charge in [0.25, 0.3) is 0 Å². The summed E-state index contributed by atoms with van der Waals surface area (Å²) in [6.45, 7) is 0.916.